The summed E-state index contributed by atoms with van der Waals surface area (Å²) in [6.07, 6.45) is 1.71. The second kappa shape index (κ2) is 4.96. The predicted molar refractivity (Wildman–Crippen MR) is 55.4 cm³/mol. The molecule has 1 aromatic rings. The summed E-state index contributed by atoms with van der Waals surface area (Å²) in [6.45, 7) is 7.18. The van der Waals surface area contributed by atoms with Gasteiger partial charge in [0.2, 0.25) is 5.88 Å². The van der Waals surface area contributed by atoms with Crippen LogP contribution in [0.15, 0.2) is 24.4 Å². The van der Waals surface area contributed by atoms with E-state index in [1.807, 2.05) is 39.0 Å². The molecule has 0 aromatic carbocycles. The zero-order valence-corrected chi connectivity index (χ0v) is 8.99. The second-order valence-electron chi connectivity index (χ2n) is 3.98. The van der Waals surface area contributed by atoms with Gasteiger partial charge in [0.05, 0.1) is 12.2 Å². The quantitative estimate of drug-likeness (QED) is 0.691. The van der Waals surface area contributed by atoms with Crippen molar-refractivity contribution in [3.63, 3.8) is 0 Å². The van der Waals surface area contributed by atoms with Crippen LogP contribution in [-0.4, -0.2) is 23.8 Å². The van der Waals surface area contributed by atoms with Gasteiger partial charge in [-0.1, -0.05) is 6.07 Å². The maximum atomic E-state index is 5.50. The van der Waals surface area contributed by atoms with Crippen molar-refractivity contribution in [2.45, 2.75) is 26.4 Å². The lowest BCUT2D eigenvalue weighted by Gasteiger charge is -2.19. The molecule has 0 N–H and O–H groups in total. The van der Waals surface area contributed by atoms with Gasteiger partial charge in [0.15, 0.2) is 0 Å². The molecule has 0 unspecified atom stereocenters. The van der Waals surface area contributed by atoms with Crippen LogP contribution in [0.5, 0.6) is 5.88 Å². The Hall–Kier alpha value is -1.09. The molecule has 78 valence electrons. The predicted octanol–water partition coefficient (Wildman–Crippen LogP) is 2.28. The molecule has 0 fully saturated rings. The third kappa shape index (κ3) is 4.82. The molecule has 3 heteroatoms. The Kier molecular flexibility index (Phi) is 3.89. The van der Waals surface area contributed by atoms with Crippen LogP contribution in [0.3, 0.4) is 0 Å². The molecule has 0 saturated heterocycles. The van der Waals surface area contributed by atoms with Crippen LogP contribution in [0.4, 0.5) is 0 Å². The molecule has 1 heterocycles. The Bertz CT molecular complexity index is 254. The van der Waals surface area contributed by atoms with Gasteiger partial charge >= 0.3 is 0 Å². The molecule has 0 bridgehead atoms. The smallest absolute Gasteiger partial charge is 0.213 e. The van der Waals surface area contributed by atoms with Gasteiger partial charge < -0.3 is 9.47 Å². The van der Waals surface area contributed by atoms with E-state index in [9.17, 15) is 0 Å². The van der Waals surface area contributed by atoms with E-state index in [0.29, 0.717) is 19.1 Å². The second-order valence-corrected chi connectivity index (χ2v) is 3.98. The van der Waals surface area contributed by atoms with Gasteiger partial charge in [-0.3, -0.25) is 0 Å². The number of ether oxygens (including phenoxy) is 2. The van der Waals surface area contributed by atoms with E-state index in [1.54, 1.807) is 6.20 Å². The average molecular weight is 195 g/mol. The highest BCUT2D eigenvalue weighted by atomic mass is 16.5. The minimum atomic E-state index is -0.104. The molecule has 0 spiro atoms. The van der Waals surface area contributed by atoms with Gasteiger partial charge in [-0.05, 0) is 26.8 Å². The third-order valence-electron chi connectivity index (χ3n) is 1.51. The zero-order chi connectivity index (χ0) is 10.4. The Morgan fingerprint density at radius 3 is 2.57 bits per heavy atom. The lowest BCUT2D eigenvalue weighted by molar-refractivity contribution is -0.0168. The average Bonchev–Trinajstić information content (AvgIpc) is 2.13. The van der Waals surface area contributed by atoms with Crippen LogP contribution in [0.1, 0.15) is 20.8 Å². The van der Waals surface area contributed by atoms with Gasteiger partial charge in [-0.15, -0.1) is 0 Å². The molecule has 0 aliphatic carbocycles. The largest absolute Gasteiger partial charge is 0.475 e. The number of nitrogens with zero attached hydrogens (tertiary/aromatic N) is 1. The highest BCUT2D eigenvalue weighted by molar-refractivity contribution is 5.08. The molecular formula is C11H17NO2. The van der Waals surface area contributed by atoms with Crippen LogP contribution in [0.25, 0.3) is 0 Å². The van der Waals surface area contributed by atoms with Gasteiger partial charge in [-0.25, -0.2) is 4.98 Å². The highest BCUT2D eigenvalue weighted by Gasteiger charge is 2.09. The van der Waals surface area contributed by atoms with Crippen LogP contribution < -0.4 is 4.74 Å². The summed E-state index contributed by atoms with van der Waals surface area (Å²) in [6, 6.07) is 5.59. The van der Waals surface area contributed by atoms with E-state index in [1.165, 1.54) is 0 Å². The number of rotatable bonds is 4. The summed E-state index contributed by atoms with van der Waals surface area (Å²) in [4.78, 5) is 4.03. The summed E-state index contributed by atoms with van der Waals surface area (Å²) in [5.41, 5.74) is -0.104. The highest BCUT2D eigenvalue weighted by Crippen LogP contribution is 2.07. The maximum absolute atomic E-state index is 5.50. The summed E-state index contributed by atoms with van der Waals surface area (Å²) in [5.74, 6) is 0.644. The minimum Gasteiger partial charge on any atom is -0.475 e. The van der Waals surface area contributed by atoms with Gasteiger partial charge in [0, 0.05) is 12.3 Å². The summed E-state index contributed by atoms with van der Waals surface area (Å²) in [7, 11) is 0. The Morgan fingerprint density at radius 1 is 1.21 bits per heavy atom. The summed E-state index contributed by atoms with van der Waals surface area (Å²) in [5, 5.41) is 0. The normalized spacial score (nSPS) is 11.4. The van der Waals surface area contributed by atoms with Crippen LogP contribution in [0.2, 0.25) is 0 Å². The van der Waals surface area contributed by atoms with E-state index in [-0.39, 0.29) is 5.60 Å². The Balaban J connectivity index is 2.17. The first kappa shape index (κ1) is 11.0. The van der Waals surface area contributed by atoms with Gasteiger partial charge in [-0.2, -0.15) is 0 Å². The molecule has 0 atom stereocenters. The van der Waals surface area contributed by atoms with Crippen molar-refractivity contribution in [1.82, 2.24) is 4.98 Å². The molecule has 0 saturated carbocycles. The van der Waals surface area contributed by atoms with Crippen molar-refractivity contribution in [2.24, 2.45) is 0 Å². The molecule has 1 rings (SSSR count). The lowest BCUT2D eigenvalue weighted by Crippen LogP contribution is -2.22. The Morgan fingerprint density at radius 2 is 2.00 bits per heavy atom. The van der Waals surface area contributed by atoms with E-state index < -0.39 is 0 Å². The number of pyridine rings is 1. The topological polar surface area (TPSA) is 31.4 Å². The fourth-order valence-electron chi connectivity index (χ4n) is 0.927. The molecule has 1 aromatic heterocycles. The first-order valence-electron chi connectivity index (χ1n) is 4.76. The van der Waals surface area contributed by atoms with Crippen LogP contribution in [-0.2, 0) is 4.74 Å². The molecule has 3 nitrogen and oxygen atoms in total. The maximum Gasteiger partial charge on any atom is 0.213 e. The summed E-state index contributed by atoms with van der Waals surface area (Å²) >= 11 is 0. The van der Waals surface area contributed by atoms with Crippen LogP contribution >= 0.6 is 0 Å². The van der Waals surface area contributed by atoms with Crippen molar-refractivity contribution in [3.8, 4) is 5.88 Å². The zero-order valence-electron chi connectivity index (χ0n) is 8.99. The van der Waals surface area contributed by atoms with Crippen molar-refractivity contribution in [2.75, 3.05) is 13.2 Å². The molecule has 0 radical (unpaired) electrons. The van der Waals surface area contributed by atoms with Crippen molar-refractivity contribution in [1.29, 1.82) is 0 Å². The monoisotopic (exact) mass is 195 g/mol. The van der Waals surface area contributed by atoms with Crippen molar-refractivity contribution < 1.29 is 9.47 Å². The van der Waals surface area contributed by atoms with E-state index >= 15 is 0 Å². The molecular weight excluding hydrogens is 178 g/mol. The lowest BCUT2D eigenvalue weighted by atomic mass is 10.2. The minimum absolute atomic E-state index is 0.104. The van der Waals surface area contributed by atoms with E-state index in [4.69, 9.17) is 9.47 Å². The van der Waals surface area contributed by atoms with Crippen LogP contribution in [0, 0.1) is 0 Å². The fourth-order valence-corrected chi connectivity index (χ4v) is 0.927. The summed E-state index contributed by atoms with van der Waals surface area (Å²) < 4.78 is 10.9. The van der Waals surface area contributed by atoms with Gasteiger partial charge in [0.25, 0.3) is 0 Å². The fraction of sp³-hybridized carbons (Fsp3) is 0.545. The molecule has 0 aliphatic rings. The van der Waals surface area contributed by atoms with Gasteiger partial charge in [0.1, 0.15) is 6.61 Å². The standard InChI is InChI=1S/C11H17NO2/c1-11(2,3)14-9-8-13-10-6-4-5-7-12-10/h4-7H,8-9H2,1-3H3. The van der Waals surface area contributed by atoms with Crippen molar-refractivity contribution in [3.05, 3.63) is 24.4 Å². The number of hydrogen-bond donors (Lipinski definition) is 0. The van der Waals surface area contributed by atoms with Crippen molar-refractivity contribution >= 4 is 0 Å². The molecule has 14 heavy (non-hydrogen) atoms. The SMILES string of the molecule is CC(C)(C)OCCOc1ccccn1. The Labute approximate surface area is 85.1 Å². The molecule has 0 aliphatic heterocycles. The third-order valence-corrected chi connectivity index (χ3v) is 1.51. The number of aromatic nitrogens is 1. The first-order chi connectivity index (χ1) is 6.58. The molecule has 0 amide bonds. The van der Waals surface area contributed by atoms with E-state index in [2.05, 4.69) is 4.98 Å². The first-order valence-corrected chi connectivity index (χ1v) is 4.76. The number of hydrogen-bond acceptors (Lipinski definition) is 3. The van der Waals surface area contributed by atoms with E-state index in [0.717, 1.165) is 0 Å².